The van der Waals surface area contributed by atoms with Crippen molar-refractivity contribution in [1.29, 1.82) is 0 Å². The smallest absolute Gasteiger partial charge is 0.287 e. The van der Waals surface area contributed by atoms with Crippen LogP contribution in [0.3, 0.4) is 0 Å². The molecule has 0 saturated heterocycles. The number of pyridine rings is 1. The molecule has 0 atom stereocenters. The molecule has 0 aliphatic rings. The number of nitrogens with two attached hydrogens (primary N) is 1. The van der Waals surface area contributed by atoms with E-state index in [-0.39, 0.29) is 5.69 Å². The summed E-state index contributed by atoms with van der Waals surface area (Å²) in [5.74, 6) is 5.64. The second kappa shape index (κ2) is 5.98. The second-order valence-corrected chi connectivity index (χ2v) is 5.17. The van der Waals surface area contributed by atoms with Gasteiger partial charge in [0.2, 0.25) is 0 Å². The van der Waals surface area contributed by atoms with Crippen molar-refractivity contribution >= 4 is 33.6 Å². The standard InChI is InChI=1S/C10H9BrN4O2S/c11-6-1-2-9(13-4-6)18-5-7-3-8(15-17-7)10(16)14-12/h1-4H,5,12H2,(H,14,16). The van der Waals surface area contributed by atoms with E-state index in [0.717, 1.165) is 9.50 Å². The fourth-order valence-electron chi connectivity index (χ4n) is 1.15. The summed E-state index contributed by atoms with van der Waals surface area (Å²) in [6, 6.07) is 5.34. The third-order valence-corrected chi connectivity index (χ3v) is 3.42. The second-order valence-electron chi connectivity index (χ2n) is 3.26. The largest absolute Gasteiger partial charge is 0.360 e. The first-order valence-corrected chi connectivity index (χ1v) is 6.68. The third-order valence-electron chi connectivity index (χ3n) is 1.99. The van der Waals surface area contributed by atoms with Crippen molar-refractivity contribution in [2.75, 3.05) is 0 Å². The molecule has 0 spiro atoms. The summed E-state index contributed by atoms with van der Waals surface area (Å²) in [5.41, 5.74) is 2.15. The van der Waals surface area contributed by atoms with Gasteiger partial charge < -0.3 is 4.52 Å². The molecule has 0 saturated carbocycles. The number of hydrogen-bond acceptors (Lipinski definition) is 6. The molecule has 1 amide bonds. The van der Waals surface area contributed by atoms with E-state index < -0.39 is 5.91 Å². The predicted octanol–water partition coefficient (Wildman–Crippen LogP) is 1.73. The van der Waals surface area contributed by atoms with Gasteiger partial charge in [-0.2, -0.15) is 0 Å². The molecule has 2 heterocycles. The maximum Gasteiger partial charge on any atom is 0.287 e. The van der Waals surface area contributed by atoms with E-state index in [4.69, 9.17) is 10.4 Å². The van der Waals surface area contributed by atoms with Crippen LogP contribution < -0.4 is 11.3 Å². The van der Waals surface area contributed by atoms with Crippen LogP contribution in [0.15, 0.2) is 38.4 Å². The Bertz CT molecular complexity index is 543. The van der Waals surface area contributed by atoms with Crippen LogP contribution in [0.25, 0.3) is 0 Å². The molecule has 94 valence electrons. The first kappa shape index (κ1) is 13.1. The molecule has 0 unspecified atom stereocenters. The number of nitrogens with one attached hydrogen (secondary N) is 1. The zero-order valence-electron chi connectivity index (χ0n) is 9.09. The van der Waals surface area contributed by atoms with Gasteiger partial charge in [-0.15, -0.1) is 0 Å². The molecule has 3 N–H and O–H groups in total. The van der Waals surface area contributed by atoms with Gasteiger partial charge in [0.1, 0.15) is 5.76 Å². The fraction of sp³-hybridized carbons (Fsp3) is 0.100. The van der Waals surface area contributed by atoms with E-state index in [0.29, 0.717) is 11.5 Å². The van der Waals surface area contributed by atoms with E-state index in [9.17, 15) is 4.79 Å². The summed E-state index contributed by atoms with van der Waals surface area (Å²) in [7, 11) is 0. The van der Waals surface area contributed by atoms with Crippen LogP contribution in [0.2, 0.25) is 0 Å². The lowest BCUT2D eigenvalue weighted by molar-refractivity contribution is 0.0944. The van der Waals surface area contributed by atoms with Gasteiger partial charge in [0.25, 0.3) is 5.91 Å². The monoisotopic (exact) mass is 328 g/mol. The summed E-state index contributed by atoms with van der Waals surface area (Å²) >= 11 is 4.80. The van der Waals surface area contributed by atoms with Gasteiger partial charge in [0.15, 0.2) is 5.69 Å². The summed E-state index contributed by atoms with van der Waals surface area (Å²) in [6.45, 7) is 0. The van der Waals surface area contributed by atoms with Gasteiger partial charge in [-0.25, -0.2) is 10.8 Å². The van der Waals surface area contributed by atoms with E-state index in [1.807, 2.05) is 17.6 Å². The minimum atomic E-state index is -0.475. The average molecular weight is 329 g/mol. The number of hydrazine groups is 1. The molecular formula is C10H9BrN4O2S. The highest BCUT2D eigenvalue weighted by atomic mass is 79.9. The number of nitrogens with zero attached hydrogens (tertiary/aromatic N) is 2. The Morgan fingerprint density at radius 2 is 2.39 bits per heavy atom. The Hall–Kier alpha value is -1.38. The van der Waals surface area contributed by atoms with Gasteiger partial charge in [0, 0.05) is 16.7 Å². The van der Waals surface area contributed by atoms with Gasteiger partial charge in [-0.1, -0.05) is 16.9 Å². The van der Waals surface area contributed by atoms with Crippen molar-refractivity contribution in [1.82, 2.24) is 15.6 Å². The van der Waals surface area contributed by atoms with Crippen LogP contribution in [0.1, 0.15) is 16.2 Å². The highest BCUT2D eigenvalue weighted by Crippen LogP contribution is 2.22. The highest BCUT2D eigenvalue weighted by Gasteiger charge is 2.11. The first-order chi connectivity index (χ1) is 8.69. The molecule has 0 radical (unpaired) electrons. The van der Waals surface area contributed by atoms with Gasteiger partial charge >= 0.3 is 0 Å². The van der Waals surface area contributed by atoms with Crippen molar-refractivity contribution in [3.8, 4) is 0 Å². The number of nitrogen functional groups attached to an aromatic ring is 1. The van der Waals surface area contributed by atoms with E-state index >= 15 is 0 Å². The van der Waals surface area contributed by atoms with Crippen LogP contribution in [0, 0.1) is 0 Å². The molecule has 2 aromatic heterocycles. The van der Waals surface area contributed by atoms with Crippen LogP contribution in [0.4, 0.5) is 0 Å². The van der Waals surface area contributed by atoms with Crippen molar-refractivity contribution in [3.63, 3.8) is 0 Å². The zero-order chi connectivity index (χ0) is 13.0. The Morgan fingerprint density at radius 3 is 3.06 bits per heavy atom. The van der Waals surface area contributed by atoms with Gasteiger partial charge in [-0.05, 0) is 28.1 Å². The topological polar surface area (TPSA) is 94.0 Å². The molecule has 2 rings (SSSR count). The molecule has 18 heavy (non-hydrogen) atoms. The average Bonchev–Trinajstić information content (AvgIpc) is 2.86. The van der Waals surface area contributed by atoms with Crippen molar-refractivity contribution in [2.24, 2.45) is 5.84 Å². The lowest BCUT2D eigenvalue weighted by Gasteiger charge is -1.97. The molecule has 0 fully saturated rings. The fourth-order valence-corrected chi connectivity index (χ4v) is 2.11. The van der Waals surface area contributed by atoms with E-state index in [1.165, 1.54) is 11.8 Å². The molecular weight excluding hydrogens is 320 g/mol. The Labute approximate surface area is 115 Å². The number of thioether (sulfide) groups is 1. The number of amides is 1. The van der Waals surface area contributed by atoms with E-state index in [2.05, 4.69) is 26.1 Å². The number of hydrogen-bond donors (Lipinski definition) is 2. The Balaban J connectivity index is 1.96. The highest BCUT2D eigenvalue weighted by molar-refractivity contribution is 9.10. The van der Waals surface area contributed by atoms with Crippen LogP contribution in [-0.2, 0) is 5.75 Å². The molecule has 2 aromatic rings. The third kappa shape index (κ3) is 3.31. The van der Waals surface area contributed by atoms with Gasteiger partial charge in [0.05, 0.1) is 10.8 Å². The Kier molecular flexibility index (Phi) is 4.34. The minimum Gasteiger partial charge on any atom is -0.360 e. The lowest BCUT2D eigenvalue weighted by Crippen LogP contribution is -2.30. The molecule has 0 bridgehead atoms. The lowest BCUT2D eigenvalue weighted by atomic mass is 10.4. The number of carbonyl (C=O) groups excluding carboxylic acids is 1. The van der Waals surface area contributed by atoms with Crippen LogP contribution in [-0.4, -0.2) is 16.0 Å². The Morgan fingerprint density at radius 1 is 1.56 bits per heavy atom. The summed E-state index contributed by atoms with van der Waals surface area (Å²) in [6.07, 6.45) is 1.72. The number of carbonyl (C=O) groups is 1. The van der Waals surface area contributed by atoms with Crippen molar-refractivity contribution in [2.45, 2.75) is 10.8 Å². The predicted molar refractivity (Wildman–Crippen MR) is 69.7 cm³/mol. The molecule has 6 nitrogen and oxygen atoms in total. The van der Waals surface area contributed by atoms with Crippen molar-refractivity contribution in [3.05, 3.63) is 40.3 Å². The number of rotatable bonds is 4. The molecule has 0 aliphatic heterocycles. The molecule has 8 heteroatoms. The first-order valence-electron chi connectivity index (χ1n) is 4.90. The molecule has 0 aromatic carbocycles. The summed E-state index contributed by atoms with van der Waals surface area (Å²) in [4.78, 5) is 15.4. The number of halogens is 1. The van der Waals surface area contributed by atoms with Crippen LogP contribution in [0.5, 0.6) is 0 Å². The summed E-state index contributed by atoms with van der Waals surface area (Å²) < 4.78 is 5.93. The quantitative estimate of drug-likeness (QED) is 0.384. The minimum absolute atomic E-state index is 0.164. The van der Waals surface area contributed by atoms with Crippen LogP contribution >= 0.6 is 27.7 Å². The zero-order valence-corrected chi connectivity index (χ0v) is 11.5. The van der Waals surface area contributed by atoms with Crippen molar-refractivity contribution < 1.29 is 9.32 Å². The maximum atomic E-state index is 11.2. The molecule has 0 aliphatic carbocycles. The van der Waals surface area contributed by atoms with Gasteiger partial charge in [-0.3, -0.25) is 10.2 Å². The normalized spacial score (nSPS) is 10.3. The maximum absolute atomic E-state index is 11.2. The van der Waals surface area contributed by atoms with E-state index in [1.54, 1.807) is 12.3 Å². The number of aromatic nitrogens is 2. The summed E-state index contributed by atoms with van der Waals surface area (Å²) in [5, 5.41) is 4.47. The SMILES string of the molecule is NNC(=O)c1cc(CSc2ccc(Br)cn2)on1.